The summed E-state index contributed by atoms with van der Waals surface area (Å²) in [4.78, 5) is 24.8. The molecule has 3 atom stereocenters. The van der Waals surface area contributed by atoms with Crippen molar-refractivity contribution >= 4 is 12.0 Å². The average molecular weight is 268 g/mol. The lowest BCUT2D eigenvalue weighted by molar-refractivity contribution is -0.140. The van der Waals surface area contributed by atoms with Crippen LogP contribution in [-0.2, 0) is 9.53 Å². The summed E-state index contributed by atoms with van der Waals surface area (Å²) < 4.78 is 5.36. The van der Waals surface area contributed by atoms with Gasteiger partial charge in [0.1, 0.15) is 0 Å². The molecule has 106 valence electrons. The molecule has 0 bridgehead atoms. The zero-order valence-electron chi connectivity index (χ0n) is 11.0. The summed E-state index contributed by atoms with van der Waals surface area (Å²) in [7, 11) is 0. The van der Waals surface area contributed by atoms with Gasteiger partial charge in [0.05, 0.1) is 31.2 Å². The van der Waals surface area contributed by atoms with Gasteiger partial charge in [-0.15, -0.1) is 0 Å². The highest BCUT2D eigenvalue weighted by Gasteiger charge is 2.30. The second-order valence-corrected chi connectivity index (χ2v) is 4.95. The molecule has 1 aliphatic carbocycles. The summed E-state index contributed by atoms with van der Waals surface area (Å²) in [5, 5.41) is 11.8. The monoisotopic (exact) mass is 268 g/mol. The zero-order valence-corrected chi connectivity index (χ0v) is 11.0. The molecule has 6 nitrogen and oxygen atoms in total. The van der Waals surface area contributed by atoms with Crippen LogP contribution in [-0.4, -0.2) is 53.8 Å². The zero-order chi connectivity index (χ0) is 13.8. The van der Waals surface area contributed by atoms with Gasteiger partial charge in [-0.25, -0.2) is 4.79 Å². The number of carbonyl (C=O) groups is 2. The first-order valence-corrected chi connectivity index (χ1v) is 6.67. The van der Waals surface area contributed by atoms with E-state index in [-0.39, 0.29) is 18.1 Å². The van der Waals surface area contributed by atoms with Crippen LogP contribution in [0.2, 0.25) is 0 Å². The standard InChI is InChI=1S/C13H20N2O4/c1-2-11-8-19-6-5-15(11)13(18)14-10-4-3-9(7-10)12(16)17/h3-4,9-11H,2,5-8H2,1H3,(H,14,18)(H,16,17). The number of amides is 2. The lowest BCUT2D eigenvalue weighted by Gasteiger charge is -2.35. The van der Waals surface area contributed by atoms with Crippen molar-refractivity contribution in [3.05, 3.63) is 12.2 Å². The highest BCUT2D eigenvalue weighted by atomic mass is 16.5. The van der Waals surface area contributed by atoms with Gasteiger partial charge in [-0.1, -0.05) is 19.1 Å². The number of nitrogens with zero attached hydrogens (tertiary/aromatic N) is 1. The van der Waals surface area contributed by atoms with Crippen molar-refractivity contribution in [1.29, 1.82) is 0 Å². The molecule has 2 N–H and O–H groups in total. The number of urea groups is 1. The molecule has 0 aromatic heterocycles. The Morgan fingerprint density at radius 2 is 2.26 bits per heavy atom. The van der Waals surface area contributed by atoms with E-state index in [1.54, 1.807) is 17.1 Å². The number of carboxylic acid groups (broad SMARTS) is 1. The van der Waals surface area contributed by atoms with Crippen LogP contribution in [0.4, 0.5) is 4.79 Å². The summed E-state index contributed by atoms with van der Waals surface area (Å²) in [6.07, 6.45) is 4.69. The second kappa shape index (κ2) is 6.06. The van der Waals surface area contributed by atoms with Gasteiger partial charge < -0.3 is 20.1 Å². The second-order valence-electron chi connectivity index (χ2n) is 4.95. The summed E-state index contributed by atoms with van der Waals surface area (Å²) >= 11 is 0. The number of carbonyl (C=O) groups excluding carboxylic acids is 1. The molecule has 19 heavy (non-hydrogen) atoms. The Bertz CT molecular complexity index is 383. The number of aliphatic carboxylic acids is 1. The molecular formula is C13H20N2O4. The third kappa shape index (κ3) is 3.26. The van der Waals surface area contributed by atoms with Gasteiger partial charge in [-0.05, 0) is 12.8 Å². The van der Waals surface area contributed by atoms with E-state index in [2.05, 4.69) is 5.32 Å². The Morgan fingerprint density at radius 1 is 1.47 bits per heavy atom. The van der Waals surface area contributed by atoms with E-state index in [1.807, 2.05) is 6.92 Å². The molecule has 1 saturated heterocycles. The van der Waals surface area contributed by atoms with Gasteiger partial charge >= 0.3 is 12.0 Å². The van der Waals surface area contributed by atoms with Crippen LogP contribution in [0.15, 0.2) is 12.2 Å². The van der Waals surface area contributed by atoms with E-state index in [0.29, 0.717) is 26.2 Å². The van der Waals surface area contributed by atoms with Crippen LogP contribution in [0.25, 0.3) is 0 Å². The van der Waals surface area contributed by atoms with E-state index in [9.17, 15) is 9.59 Å². The molecule has 2 rings (SSSR count). The van der Waals surface area contributed by atoms with Crippen LogP contribution in [0.1, 0.15) is 19.8 Å². The molecule has 2 aliphatic rings. The van der Waals surface area contributed by atoms with Crippen molar-refractivity contribution in [1.82, 2.24) is 10.2 Å². The van der Waals surface area contributed by atoms with Crippen LogP contribution in [0.3, 0.4) is 0 Å². The molecule has 1 fully saturated rings. The van der Waals surface area contributed by atoms with Gasteiger partial charge in [0.25, 0.3) is 0 Å². The topological polar surface area (TPSA) is 78.9 Å². The van der Waals surface area contributed by atoms with Crippen LogP contribution in [0, 0.1) is 5.92 Å². The summed E-state index contributed by atoms with van der Waals surface area (Å²) in [6, 6.07) is -0.209. The Kier molecular flexibility index (Phi) is 4.42. The fourth-order valence-corrected chi connectivity index (χ4v) is 2.49. The SMILES string of the molecule is CCC1COCCN1C(=O)NC1C=CC(C(=O)O)C1. The predicted octanol–water partition coefficient (Wildman–Crippen LogP) is 0.836. The molecule has 0 aromatic rings. The highest BCUT2D eigenvalue weighted by Crippen LogP contribution is 2.19. The quantitative estimate of drug-likeness (QED) is 0.743. The minimum atomic E-state index is -0.842. The Labute approximate surface area is 112 Å². The normalized spacial score (nSPS) is 30.4. The third-order valence-electron chi connectivity index (χ3n) is 3.67. The van der Waals surface area contributed by atoms with Crippen molar-refractivity contribution < 1.29 is 19.4 Å². The minimum absolute atomic E-state index is 0.106. The van der Waals surface area contributed by atoms with E-state index in [1.165, 1.54) is 0 Å². The lowest BCUT2D eigenvalue weighted by atomic mass is 10.1. The van der Waals surface area contributed by atoms with Crippen molar-refractivity contribution in [3.8, 4) is 0 Å². The van der Waals surface area contributed by atoms with Gasteiger partial charge in [0.2, 0.25) is 0 Å². The first-order chi connectivity index (χ1) is 9.11. The summed E-state index contributed by atoms with van der Waals surface area (Å²) in [5.74, 6) is -1.33. The average Bonchev–Trinajstić information content (AvgIpc) is 2.87. The maximum Gasteiger partial charge on any atom is 0.318 e. The van der Waals surface area contributed by atoms with Gasteiger partial charge in [0, 0.05) is 6.54 Å². The van der Waals surface area contributed by atoms with Crippen molar-refractivity contribution in [2.24, 2.45) is 5.92 Å². The molecule has 1 aliphatic heterocycles. The van der Waals surface area contributed by atoms with Crippen molar-refractivity contribution in [2.75, 3.05) is 19.8 Å². The number of morpholine rings is 1. The number of hydrogen-bond acceptors (Lipinski definition) is 3. The molecule has 2 amide bonds. The van der Waals surface area contributed by atoms with Gasteiger partial charge in [-0.2, -0.15) is 0 Å². The molecule has 0 aromatic carbocycles. The fraction of sp³-hybridized carbons (Fsp3) is 0.692. The van der Waals surface area contributed by atoms with E-state index < -0.39 is 11.9 Å². The molecule has 3 unspecified atom stereocenters. The van der Waals surface area contributed by atoms with Crippen molar-refractivity contribution in [2.45, 2.75) is 31.8 Å². The molecule has 1 heterocycles. The van der Waals surface area contributed by atoms with E-state index in [0.717, 1.165) is 6.42 Å². The number of ether oxygens (including phenoxy) is 1. The van der Waals surface area contributed by atoms with Crippen molar-refractivity contribution in [3.63, 3.8) is 0 Å². The maximum atomic E-state index is 12.2. The van der Waals surface area contributed by atoms with Crippen LogP contribution < -0.4 is 5.32 Å². The predicted molar refractivity (Wildman–Crippen MR) is 68.8 cm³/mol. The third-order valence-corrected chi connectivity index (χ3v) is 3.67. The number of carboxylic acids is 1. The summed E-state index contributed by atoms with van der Waals surface area (Å²) in [5.41, 5.74) is 0. The highest BCUT2D eigenvalue weighted by molar-refractivity contribution is 5.76. The Morgan fingerprint density at radius 3 is 2.89 bits per heavy atom. The first-order valence-electron chi connectivity index (χ1n) is 6.67. The number of hydrogen-bond donors (Lipinski definition) is 2. The molecular weight excluding hydrogens is 248 g/mol. The summed E-state index contributed by atoms with van der Waals surface area (Å²) in [6.45, 7) is 3.74. The molecule has 0 radical (unpaired) electrons. The Balaban J connectivity index is 1.87. The molecule has 0 saturated carbocycles. The lowest BCUT2D eigenvalue weighted by Crippen LogP contribution is -2.53. The fourth-order valence-electron chi connectivity index (χ4n) is 2.49. The number of rotatable bonds is 3. The smallest absolute Gasteiger partial charge is 0.318 e. The van der Waals surface area contributed by atoms with Crippen LogP contribution in [0.5, 0.6) is 0 Å². The van der Waals surface area contributed by atoms with Gasteiger partial charge in [0.15, 0.2) is 0 Å². The van der Waals surface area contributed by atoms with E-state index in [4.69, 9.17) is 9.84 Å². The Hall–Kier alpha value is -1.56. The van der Waals surface area contributed by atoms with Gasteiger partial charge in [-0.3, -0.25) is 4.79 Å². The minimum Gasteiger partial charge on any atom is -0.481 e. The van der Waals surface area contributed by atoms with E-state index >= 15 is 0 Å². The number of nitrogens with one attached hydrogen (secondary N) is 1. The molecule has 6 heteroatoms. The maximum absolute atomic E-state index is 12.2. The van der Waals surface area contributed by atoms with Crippen LogP contribution >= 0.6 is 0 Å². The molecule has 0 spiro atoms. The first kappa shape index (κ1) is 13.9. The largest absolute Gasteiger partial charge is 0.481 e.